The Morgan fingerprint density at radius 1 is 1.67 bits per heavy atom. The van der Waals surface area contributed by atoms with Crippen molar-refractivity contribution in [3.05, 3.63) is 22.4 Å². The number of nitrogens with one attached hydrogen (secondary N) is 1. The lowest BCUT2D eigenvalue weighted by molar-refractivity contribution is -0.132. The van der Waals surface area contributed by atoms with Crippen molar-refractivity contribution in [2.24, 2.45) is 5.73 Å². The number of thiophene rings is 1. The number of carbonyl (C=O) groups is 1. The minimum Gasteiger partial charge on any atom is -0.364 e. The molecule has 0 saturated carbocycles. The molecule has 1 aliphatic rings. The summed E-state index contributed by atoms with van der Waals surface area (Å²) in [6, 6.07) is 4.15. The Kier molecular flexibility index (Phi) is 4.74. The molecule has 1 unspecified atom stereocenters. The van der Waals surface area contributed by atoms with Crippen LogP contribution in [-0.2, 0) is 9.53 Å². The highest BCUT2D eigenvalue weighted by atomic mass is 32.1. The molecule has 5 heteroatoms. The Bertz CT molecular complexity index is 380. The second-order valence-corrected chi connectivity index (χ2v) is 5.52. The van der Waals surface area contributed by atoms with Gasteiger partial charge in [-0.25, -0.2) is 0 Å². The maximum Gasteiger partial charge on any atom is 0.249 e. The molecule has 4 nitrogen and oxygen atoms in total. The number of hydrogen-bond acceptors (Lipinski definition) is 4. The normalized spacial score (nSPS) is 25.0. The largest absolute Gasteiger partial charge is 0.364 e. The molecule has 2 heterocycles. The van der Waals surface area contributed by atoms with Crippen LogP contribution in [0.25, 0.3) is 0 Å². The Labute approximate surface area is 112 Å². The zero-order valence-corrected chi connectivity index (χ0v) is 11.4. The summed E-state index contributed by atoms with van der Waals surface area (Å²) < 4.78 is 5.60. The fraction of sp³-hybridized carbons (Fsp3) is 0.615. The SMILES string of the molecule is CCC(NC(=O)[C@@H]1CC[C@H](CN)O1)c1cccs1. The molecule has 100 valence electrons. The van der Waals surface area contributed by atoms with Crippen LogP contribution in [0.4, 0.5) is 0 Å². The minimum atomic E-state index is -0.326. The molecule has 1 amide bonds. The molecule has 18 heavy (non-hydrogen) atoms. The molecular weight excluding hydrogens is 248 g/mol. The molecule has 1 aromatic rings. The zero-order chi connectivity index (χ0) is 13.0. The van der Waals surface area contributed by atoms with E-state index in [1.165, 1.54) is 4.88 Å². The second-order valence-electron chi connectivity index (χ2n) is 4.54. The highest BCUT2D eigenvalue weighted by molar-refractivity contribution is 7.10. The van der Waals surface area contributed by atoms with Crippen LogP contribution >= 0.6 is 11.3 Å². The van der Waals surface area contributed by atoms with Gasteiger partial charge < -0.3 is 15.8 Å². The van der Waals surface area contributed by atoms with Crippen LogP contribution in [0, 0.1) is 0 Å². The summed E-state index contributed by atoms with van der Waals surface area (Å²) in [6.07, 6.45) is 2.26. The average Bonchev–Trinajstić information content (AvgIpc) is 3.05. The molecule has 1 aromatic heterocycles. The quantitative estimate of drug-likeness (QED) is 0.856. The summed E-state index contributed by atoms with van der Waals surface area (Å²) in [5.74, 6) is -0.00815. The van der Waals surface area contributed by atoms with E-state index >= 15 is 0 Å². The molecule has 3 N–H and O–H groups in total. The molecule has 0 radical (unpaired) electrons. The van der Waals surface area contributed by atoms with Gasteiger partial charge in [0.05, 0.1) is 12.1 Å². The molecule has 2 rings (SSSR count). The molecule has 1 fully saturated rings. The van der Waals surface area contributed by atoms with E-state index in [1.54, 1.807) is 11.3 Å². The first-order valence-corrected chi connectivity index (χ1v) is 7.31. The molecule has 1 aliphatic heterocycles. The summed E-state index contributed by atoms with van der Waals surface area (Å²) >= 11 is 1.67. The van der Waals surface area contributed by atoms with Crippen molar-refractivity contribution in [1.29, 1.82) is 0 Å². The summed E-state index contributed by atoms with van der Waals surface area (Å²) in [5, 5.41) is 5.09. The lowest BCUT2D eigenvalue weighted by Gasteiger charge is -2.18. The van der Waals surface area contributed by atoms with Crippen molar-refractivity contribution < 1.29 is 9.53 Å². The standard InChI is InChI=1S/C13H20N2O2S/c1-2-10(12-4-3-7-18-12)15-13(16)11-6-5-9(8-14)17-11/h3-4,7,9-11H,2,5-6,8,14H2,1H3,(H,15,16)/t9-,10?,11+/m1/s1. The Balaban J connectivity index is 1.90. The van der Waals surface area contributed by atoms with E-state index in [0.717, 1.165) is 19.3 Å². The molecule has 3 atom stereocenters. The average molecular weight is 268 g/mol. The van der Waals surface area contributed by atoms with Crippen LogP contribution < -0.4 is 11.1 Å². The van der Waals surface area contributed by atoms with Gasteiger partial charge in [-0.15, -0.1) is 11.3 Å². The van der Waals surface area contributed by atoms with E-state index in [-0.39, 0.29) is 24.2 Å². The van der Waals surface area contributed by atoms with Crippen LogP contribution in [0.15, 0.2) is 17.5 Å². The van der Waals surface area contributed by atoms with Crippen molar-refractivity contribution in [2.45, 2.75) is 44.4 Å². The van der Waals surface area contributed by atoms with Gasteiger partial charge in [0.25, 0.3) is 0 Å². The topological polar surface area (TPSA) is 64.4 Å². The Hall–Kier alpha value is -0.910. The van der Waals surface area contributed by atoms with Crippen LogP contribution in [0.5, 0.6) is 0 Å². The predicted octanol–water partition coefficient (Wildman–Crippen LogP) is 1.82. The number of hydrogen-bond donors (Lipinski definition) is 2. The van der Waals surface area contributed by atoms with E-state index in [9.17, 15) is 4.79 Å². The maximum atomic E-state index is 12.1. The third kappa shape index (κ3) is 3.10. The highest BCUT2D eigenvalue weighted by Gasteiger charge is 2.30. The van der Waals surface area contributed by atoms with Crippen LogP contribution in [0.1, 0.15) is 37.1 Å². The third-order valence-corrected chi connectivity index (χ3v) is 4.26. The third-order valence-electron chi connectivity index (χ3n) is 3.27. The summed E-state index contributed by atoms with van der Waals surface area (Å²) in [4.78, 5) is 13.3. The molecule has 0 aliphatic carbocycles. The first-order chi connectivity index (χ1) is 8.74. The molecule has 0 aromatic carbocycles. The first-order valence-electron chi connectivity index (χ1n) is 6.44. The van der Waals surface area contributed by atoms with Gasteiger partial charge in [-0.1, -0.05) is 13.0 Å². The Morgan fingerprint density at radius 2 is 2.50 bits per heavy atom. The van der Waals surface area contributed by atoms with Gasteiger partial charge in [0.2, 0.25) is 5.91 Å². The second kappa shape index (κ2) is 6.31. The highest BCUT2D eigenvalue weighted by Crippen LogP contribution is 2.24. The fourth-order valence-corrected chi connectivity index (χ4v) is 3.06. The van der Waals surface area contributed by atoms with E-state index in [0.29, 0.717) is 6.54 Å². The predicted molar refractivity (Wildman–Crippen MR) is 72.4 cm³/mol. The smallest absolute Gasteiger partial charge is 0.249 e. The van der Waals surface area contributed by atoms with Crippen molar-refractivity contribution in [2.75, 3.05) is 6.54 Å². The van der Waals surface area contributed by atoms with Crippen LogP contribution in [0.3, 0.4) is 0 Å². The van der Waals surface area contributed by atoms with E-state index < -0.39 is 0 Å². The van der Waals surface area contributed by atoms with E-state index in [2.05, 4.69) is 18.3 Å². The van der Waals surface area contributed by atoms with Crippen LogP contribution in [-0.4, -0.2) is 24.7 Å². The number of amides is 1. The number of rotatable bonds is 5. The van der Waals surface area contributed by atoms with Gasteiger partial charge >= 0.3 is 0 Å². The van der Waals surface area contributed by atoms with Crippen molar-refractivity contribution in [3.8, 4) is 0 Å². The number of nitrogens with two attached hydrogens (primary N) is 1. The summed E-state index contributed by atoms with van der Waals surface area (Å²) in [5.41, 5.74) is 5.55. The summed E-state index contributed by atoms with van der Waals surface area (Å²) in [7, 11) is 0. The lowest BCUT2D eigenvalue weighted by Crippen LogP contribution is -2.37. The van der Waals surface area contributed by atoms with Crippen molar-refractivity contribution in [3.63, 3.8) is 0 Å². The Morgan fingerprint density at radius 3 is 3.06 bits per heavy atom. The van der Waals surface area contributed by atoms with Gasteiger partial charge in [0.15, 0.2) is 0 Å². The molecule has 1 saturated heterocycles. The van der Waals surface area contributed by atoms with Gasteiger partial charge in [-0.2, -0.15) is 0 Å². The van der Waals surface area contributed by atoms with Gasteiger partial charge in [0, 0.05) is 11.4 Å². The molecule has 0 bridgehead atoms. The van der Waals surface area contributed by atoms with Crippen molar-refractivity contribution in [1.82, 2.24) is 5.32 Å². The van der Waals surface area contributed by atoms with Gasteiger partial charge in [-0.05, 0) is 30.7 Å². The zero-order valence-electron chi connectivity index (χ0n) is 10.6. The first kappa shape index (κ1) is 13.5. The van der Waals surface area contributed by atoms with E-state index in [1.807, 2.05) is 11.4 Å². The maximum absolute atomic E-state index is 12.1. The van der Waals surface area contributed by atoms with Crippen molar-refractivity contribution >= 4 is 17.2 Å². The molecular formula is C13H20N2O2S. The number of carbonyl (C=O) groups excluding carboxylic acids is 1. The fourth-order valence-electron chi connectivity index (χ4n) is 2.20. The molecule has 0 spiro atoms. The number of ether oxygens (including phenoxy) is 1. The summed E-state index contributed by atoms with van der Waals surface area (Å²) in [6.45, 7) is 2.56. The minimum absolute atomic E-state index is 0.00815. The monoisotopic (exact) mass is 268 g/mol. The lowest BCUT2D eigenvalue weighted by atomic mass is 10.1. The van der Waals surface area contributed by atoms with E-state index in [4.69, 9.17) is 10.5 Å². The van der Waals surface area contributed by atoms with Gasteiger partial charge in [0.1, 0.15) is 6.10 Å². The van der Waals surface area contributed by atoms with Gasteiger partial charge in [-0.3, -0.25) is 4.79 Å². The van der Waals surface area contributed by atoms with Crippen LogP contribution in [0.2, 0.25) is 0 Å².